The highest BCUT2D eigenvalue weighted by atomic mass is 16.5. The molecule has 0 spiro atoms. The molecule has 1 saturated heterocycles. The molecule has 1 heterocycles. The summed E-state index contributed by atoms with van der Waals surface area (Å²) in [5.74, 6) is 0.964. The lowest BCUT2D eigenvalue weighted by Crippen LogP contribution is -2.51. The van der Waals surface area contributed by atoms with Crippen molar-refractivity contribution in [3.8, 4) is 0 Å². The van der Waals surface area contributed by atoms with Crippen LogP contribution in [-0.2, 0) is 4.74 Å². The minimum atomic E-state index is -0.661. The van der Waals surface area contributed by atoms with E-state index in [4.69, 9.17) is 4.74 Å². The largest absolute Gasteiger partial charge is 0.513 e. The maximum absolute atomic E-state index is 10.6. The van der Waals surface area contributed by atoms with Gasteiger partial charge in [-0.25, -0.2) is 0 Å². The van der Waals surface area contributed by atoms with E-state index in [2.05, 4.69) is 27.7 Å². The third-order valence-corrected chi connectivity index (χ3v) is 8.30. The highest BCUT2D eigenvalue weighted by Gasteiger charge is 2.48. The van der Waals surface area contributed by atoms with Gasteiger partial charge in [-0.1, -0.05) is 39.5 Å². The first-order valence-corrected chi connectivity index (χ1v) is 13.2. The van der Waals surface area contributed by atoms with Crippen molar-refractivity contribution in [1.82, 2.24) is 0 Å². The van der Waals surface area contributed by atoms with Gasteiger partial charge in [0, 0.05) is 0 Å². The first-order valence-electron chi connectivity index (χ1n) is 13.2. The van der Waals surface area contributed by atoms with Crippen molar-refractivity contribution < 1.29 is 20.1 Å². The zero-order valence-electron chi connectivity index (χ0n) is 22.3. The summed E-state index contributed by atoms with van der Waals surface area (Å²) in [6.45, 7) is 14.6. The maximum atomic E-state index is 10.6. The molecule has 1 aliphatic carbocycles. The lowest BCUT2D eigenvalue weighted by molar-refractivity contribution is -0.144. The predicted octanol–water partition coefficient (Wildman–Crippen LogP) is 7.31. The summed E-state index contributed by atoms with van der Waals surface area (Å²) in [7, 11) is 0. The molecule has 0 radical (unpaired) electrons. The molecule has 0 aromatic heterocycles. The van der Waals surface area contributed by atoms with Crippen molar-refractivity contribution in [1.29, 1.82) is 0 Å². The number of hydrogen-bond donors (Lipinski definition) is 3. The molecule has 0 amide bonds. The Balaban J connectivity index is 1.81. The van der Waals surface area contributed by atoms with Crippen LogP contribution >= 0.6 is 0 Å². The molecule has 4 heteroatoms. The van der Waals surface area contributed by atoms with Gasteiger partial charge in [0.05, 0.1) is 23.1 Å². The molecule has 0 bridgehead atoms. The molecule has 5 atom stereocenters. The van der Waals surface area contributed by atoms with Gasteiger partial charge in [0.25, 0.3) is 0 Å². The van der Waals surface area contributed by atoms with Gasteiger partial charge in [0.2, 0.25) is 0 Å². The Bertz CT molecular complexity index is 743. The van der Waals surface area contributed by atoms with Crippen molar-refractivity contribution in [2.45, 2.75) is 142 Å². The molecule has 190 valence electrons. The molecule has 3 N–H and O–H groups in total. The van der Waals surface area contributed by atoms with Crippen LogP contribution in [0.15, 0.2) is 34.6 Å². The number of aliphatic hydroxyl groups excluding tert-OH is 2. The van der Waals surface area contributed by atoms with Crippen LogP contribution in [0.4, 0.5) is 0 Å². The van der Waals surface area contributed by atoms with Crippen LogP contribution in [0.1, 0.15) is 119 Å². The van der Waals surface area contributed by atoms with Gasteiger partial charge in [0.1, 0.15) is 5.60 Å². The summed E-state index contributed by atoms with van der Waals surface area (Å²) >= 11 is 0. The fraction of sp³-hybridized carbons (Fsp3) is 0.793. The van der Waals surface area contributed by atoms with Crippen molar-refractivity contribution in [2.24, 2.45) is 5.92 Å². The number of hydrogen-bond acceptors (Lipinski definition) is 4. The summed E-state index contributed by atoms with van der Waals surface area (Å²) in [6, 6.07) is 0. The second kappa shape index (κ2) is 11.6. The highest BCUT2D eigenvalue weighted by Crippen LogP contribution is 2.50. The summed E-state index contributed by atoms with van der Waals surface area (Å²) in [6.07, 6.45) is 14.0. The number of allylic oxidation sites excluding steroid dienone is 2. The van der Waals surface area contributed by atoms with E-state index in [1.54, 1.807) is 13.0 Å². The molecule has 2 aliphatic rings. The Labute approximate surface area is 202 Å². The van der Waals surface area contributed by atoms with E-state index in [1.165, 1.54) is 17.6 Å². The molecular formula is C29H50O4. The van der Waals surface area contributed by atoms with E-state index in [-0.39, 0.29) is 11.2 Å². The topological polar surface area (TPSA) is 69.9 Å². The van der Waals surface area contributed by atoms with E-state index in [9.17, 15) is 15.3 Å². The quantitative estimate of drug-likeness (QED) is 0.210. The molecule has 0 saturated carbocycles. The van der Waals surface area contributed by atoms with Crippen LogP contribution in [0.25, 0.3) is 0 Å². The van der Waals surface area contributed by atoms with E-state index < -0.39 is 11.7 Å². The van der Waals surface area contributed by atoms with Gasteiger partial charge in [-0.15, -0.1) is 0 Å². The van der Waals surface area contributed by atoms with Gasteiger partial charge < -0.3 is 20.1 Å². The van der Waals surface area contributed by atoms with E-state index in [0.29, 0.717) is 24.5 Å². The molecule has 1 aliphatic heterocycles. The number of aliphatic hydroxyl groups is 3. The first-order chi connectivity index (χ1) is 15.3. The Morgan fingerprint density at radius 3 is 2.58 bits per heavy atom. The third kappa shape index (κ3) is 7.44. The van der Waals surface area contributed by atoms with Crippen molar-refractivity contribution in [3.05, 3.63) is 34.6 Å². The van der Waals surface area contributed by atoms with Gasteiger partial charge in [-0.05, 0) is 114 Å². The minimum Gasteiger partial charge on any atom is -0.513 e. The van der Waals surface area contributed by atoms with Crippen LogP contribution in [0, 0.1) is 5.92 Å². The Morgan fingerprint density at radius 1 is 1.27 bits per heavy atom. The fourth-order valence-corrected chi connectivity index (χ4v) is 5.79. The Hall–Kier alpha value is -1.10. The van der Waals surface area contributed by atoms with Crippen LogP contribution in [0.5, 0.6) is 0 Å². The second-order valence-corrected chi connectivity index (χ2v) is 11.4. The Morgan fingerprint density at radius 2 is 1.94 bits per heavy atom. The normalized spacial score (nSPS) is 31.1. The lowest BCUT2D eigenvalue weighted by Gasteiger charge is -2.51. The zero-order valence-corrected chi connectivity index (χ0v) is 22.3. The first kappa shape index (κ1) is 28.1. The maximum Gasteiger partial charge on any atom is 0.111 e. The summed E-state index contributed by atoms with van der Waals surface area (Å²) < 4.78 is 6.91. The lowest BCUT2D eigenvalue weighted by atomic mass is 9.70. The van der Waals surface area contributed by atoms with Gasteiger partial charge in [0.15, 0.2) is 0 Å². The summed E-state index contributed by atoms with van der Waals surface area (Å²) in [5, 5.41) is 30.2. The number of fused-ring (bicyclic) bond motifs is 1. The van der Waals surface area contributed by atoms with Crippen molar-refractivity contribution >= 4 is 0 Å². The molecule has 33 heavy (non-hydrogen) atoms. The molecule has 0 aromatic rings. The summed E-state index contributed by atoms with van der Waals surface area (Å²) in [5.41, 5.74) is 2.38. The minimum absolute atomic E-state index is 0.126. The zero-order chi connectivity index (χ0) is 24.9. The molecule has 0 aromatic carbocycles. The second-order valence-electron chi connectivity index (χ2n) is 11.4. The predicted molar refractivity (Wildman–Crippen MR) is 137 cm³/mol. The van der Waals surface area contributed by atoms with E-state index >= 15 is 0 Å². The number of ether oxygens (including phenoxy) is 1. The van der Waals surface area contributed by atoms with Crippen LogP contribution < -0.4 is 0 Å². The fourth-order valence-electron chi connectivity index (χ4n) is 5.79. The van der Waals surface area contributed by atoms with E-state index in [0.717, 1.165) is 56.9 Å². The smallest absolute Gasteiger partial charge is 0.111 e. The molecule has 1 fully saturated rings. The molecular weight excluding hydrogens is 412 g/mol. The molecule has 4 nitrogen and oxygen atoms in total. The van der Waals surface area contributed by atoms with Crippen molar-refractivity contribution in [3.63, 3.8) is 0 Å². The third-order valence-electron chi connectivity index (χ3n) is 8.30. The van der Waals surface area contributed by atoms with Crippen molar-refractivity contribution in [2.75, 3.05) is 0 Å². The average Bonchev–Trinajstić information content (AvgIpc) is 2.72. The SMILES string of the molecule is CCC12OC(C)(CCCC(C)CCCC(C)(O)CC/C=C(\C)O)CCC1=CC(O)C(C)=C2C. The van der Waals surface area contributed by atoms with Gasteiger partial charge >= 0.3 is 0 Å². The van der Waals surface area contributed by atoms with Gasteiger partial charge in [-0.3, -0.25) is 0 Å². The average molecular weight is 463 g/mol. The van der Waals surface area contributed by atoms with Crippen LogP contribution in [-0.4, -0.2) is 38.2 Å². The van der Waals surface area contributed by atoms with Crippen LogP contribution in [0.3, 0.4) is 0 Å². The number of rotatable bonds is 12. The highest BCUT2D eigenvalue weighted by molar-refractivity contribution is 5.44. The molecule has 5 unspecified atom stereocenters. The van der Waals surface area contributed by atoms with Crippen LogP contribution in [0.2, 0.25) is 0 Å². The van der Waals surface area contributed by atoms with E-state index in [1.807, 2.05) is 19.9 Å². The standard InChI is InChI=1S/C29H50O4/c1-8-29-24(5)23(4)26(31)20-25(29)15-19-28(7,33-29)18-10-13-21(2)12-9-16-27(6,32)17-11-14-22(3)30/h14,20-21,26,30-32H,8-13,15-19H2,1-7H3/b22-14+. The monoisotopic (exact) mass is 462 g/mol. The van der Waals surface area contributed by atoms with Gasteiger partial charge in [-0.2, -0.15) is 0 Å². The molecule has 2 rings (SSSR count). The summed E-state index contributed by atoms with van der Waals surface area (Å²) in [4.78, 5) is 0. The Kier molecular flexibility index (Phi) is 9.85.